The second-order valence-corrected chi connectivity index (χ2v) is 3.97. The minimum atomic E-state index is 0. The molecule has 1 aromatic rings. The Hall–Kier alpha value is 0.266. The van der Waals surface area contributed by atoms with E-state index in [2.05, 4.69) is 6.07 Å². The number of halogens is 1. The van der Waals surface area contributed by atoms with Crippen LogP contribution < -0.4 is 21.7 Å². The number of hydrogen-bond acceptors (Lipinski definition) is 1. The van der Waals surface area contributed by atoms with E-state index >= 15 is 0 Å². The van der Waals surface area contributed by atoms with Crippen LogP contribution in [0.4, 0.5) is 0 Å². The van der Waals surface area contributed by atoms with E-state index < -0.39 is 0 Å². The molecule has 0 amide bonds. The predicted octanol–water partition coefficient (Wildman–Crippen LogP) is 0.212. The number of ether oxygens (including phenoxy) is 1. The van der Waals surface area contributed by atoms with Crippen LogP contribution in [0.1, 0.15) is 38.5 Å². The van der Waals surface area contributed by atoms with Crippen LogP contribution in [0.5, 0.6) is 5.75 Å². The first kappa shape index (κ1) is 16.3. The van der Waals surface area contributed by atoms with Crippen molar-refractivity contribution in [3.63, 3.8) is 0 Å². The Morgan fingerprint density at radius 1 is 1.00 bits per heavy atom. The Bertz CT molecular complexity index is 258. The molecule has 84 valence electrons. The van der Waals surface area contributed by atoms with Crippen LogP contribution in [0.25, 0.3) is 0 Å². The number of hydrogen-bond donors (Lipinski definition) is 0. The van der Waals surface area contributed by atoms with E-state index in [1.165, 1.54) is 38.5 Å². The standard InChI is InChI=1S/C13H17O.BrH.Mg/c1-2-5-9-12(8-4-1)14-13-10-6-3-7-11-13;;/h6-7,10-12H,1-2,4-5,8-9H2;1H;/q-1;;+2/p-1. The first-order chi connectivity index (χ1) is 6.95. The summed E-state index contributed by atoms with van der Waals surface area (Å²) >= 11 is 0. The van der Waals surface area contributed by atoms with Crippen molar-refractivity contribution >= 4 is 23.1 Å². The van der Waals surface area contributed by atoms with Gasteiger partial charge in [0.1, 0.15) is 0 Å². The first-order valence-corrected chi connectivity index (χ1v) is 5.58. The summed E-state index contributed by atoms with van der Waals surface area (Å²) in [6.07, 6.45) is 8.29. The van der Waals surface area contributed by atoms with Gasteiger partial charge >= 0.3 is 23.1 Å². The molecule has 0 saturated heterocycles. The molecule has 2 rings (SSSR count). The van der Waals surface area contributed by atoms with Crippen molar-refractivity contribution in [1.82, 2.24) is 0 Å². The van der Waals surface area contributed by atoms with Gasteiger partial charge in [-0.3, -0.25) is 0 Å². The molecule has 0 atom stereocenters. The van der Waals surface area contributed by atoms with Crippen LogP contribution in [0.15, 0.2) is 24.3 Å². The molecule has 1 aliphatic rings. The van der Waals surface area contributed by atoms with Gasteiger partial charge in [0.05, 0.1) is 6.10 Å². The molecular formula is C13H17BrMgO. The fourth-order valence-electron chi connectivity index (χ4n) is 2.00. The Balaban J connectivity index is 0.00000112. The molecule has 0 spiro atoms. The molecule has 1 saturated carbocycles. The maximum Gasteiger partial charge on any atom is 2.00 e. The van der Waals surface area contributed by atoms with Gasteiger partial charge in [-0.05, 0) is 25.7 Å². The van der Waals surface area contributed by atoms with E-state index in [1.54, 1.807) is 0 Å². The van der Waals surface area contributed by atoms with E-state index in [-0.39, 0.29) is 40.0 Å². The van der Waals surface area contributed by atoms with E-state index in [1.807, 2.05) is 24.3 Å². The molecule has 0 radical (unpaired) electrons. The van der Waals surface area contributed by atoms with Gasteiger partial charge in [0.2, 0.25) is 0 Å². The minimum Gasteiger partial charge on any atom is -1.00 e. The zero-order chi connectivity index (χ0) is 9.64. The van der Waals surface area contributed by atoms with E-state index in [0.29, 0.717) is 6.10 Å². The van der Waals surface area contributed by atoms with Gasteiger partial charge in [-0.15, -0.1) is 12.1 Å². The minimum absolute atomic E-state index is 0. The predicted molar refractivity (Wildman–Crippen MR) is 63.2 cm³/mol. The summed E-state index contributed by atoms with van der Waals surface area (Å²) in [5.74, 6) is 0.996. The van der Waals surface area contributed by atoms with Crippen LogP contribution >= 0.6 is 0 Å². The summed E-state index contributed by atoms with van der Waals surface area (Å²) < 4.78 is 5.92. The Morgan fingerprint density at radius 3 is 2.12 bits per heavy atom. The normalized spacial score (nSPS) is 16.5. The van der Waals surface area contributed by atoms with Gasteiger partial charge in [0.25, 0.3) is 0 Å². The first-order valence-electron chi connectivity index (χ1n) is 5.58. The van der Waals surface area contributed by atoms with Gasteiger partial charge in [0, 0.05) is 5.75 Å². The summed E-state index contributed by atoms with van der Waals surface area (Å²) in [6, 6.07) is 10.8. The topological polar surface area (TPSA) is 9.23 Å². The maximum atomic E-state index is 5.92. The van der Waals surface area contributed by atoms with Crippen molar-refractivity contribution in [2.75, 3.05) is 0 Å². The zero-order valence-corrected chi connectivity index (χ0v) is 12.6. The third-order valence-corrected chi connectivity index (χ3v) is 2.79. The van der Waals surface area contributed by atoms with Crippen molar-refractivity contribution in [2.45, 2.75) is 44.6 Å². The molecular weight excluding hydrogens is 276 g/mol. The second-order valence-electron chi connectivity index (χ2n) is 3.97. The maximum absolute atomic E-state index is 5.92. The Labute approximate surface area is 125 Å². The molecule has 0 aromatic heterocycles. The fourth-order valence-corrected chi connectivity index (χ4v) is 2.00. The quantitative estimate of drug-likeness (QED) is 0.430. The van der Waals surface area contributed by atoms with Crippen molar-refractivity contribution < 1.29 is 21.7 Å². The average molecular weight is 293 g/mol. The molecule has 3 heteroatoms. The van der Waals surface area contributed by atoms with E-state index in [0.717, 1.165) is 5.75 Å². The smallest absolute Gasteiger partial charge is 1.00 e. The van der Waals surface area contributed by atoms with Crippen LogP contribution in [0.2, 0.25) is 0 Å². The van der Waals surface area contributed by atoms with Gasteiger partial charge < -0.3 is 21.7 Å². The molecule has 1 nitrogen and oxygen atoms in total. The summed E-state index contributed by atoms with van der Waals surface area (Å²) in [4.78, 5) is 0. The monoisotopic (exact) mass is 292 g/mol. The van der Waals surface area contributed by atoms with Gasteiger partial charge in [0.15, 0.2) is 0 Å². The Morgan fingerprint density at radius 2 is 1.56 bits per heavy atom. The van der Waals surface area contributed by atoms with Crippen molar-refractivity contribution in [2.24, 2.45) is 0 Å². The zero-order valence-electron chi connectivity index (χ0n) is 9.62. The van der Waals surface area contributed by atoms with Crippen molar-refractivity contribution in [3.05, 3.63) is 30.3 Å². The molecule has 0 bridgehead atoms. The molecule has 0 aliphatic heterocycles. The average Bonchev–Trinajstić information content (AvgIpc) is 2.48. The van der Waals surface area contributed by atoms with Crippen LogP contribution in [0, 0.1) is 6.07 Å². The van der Waals surface area contributed by atoms with Gasteiger partial charge in [-0.1, -0.05) is 12.8 Å². The molecule has 0 heterocycles. The fraction of sp³-hybridized carbons (Fsp3) is 0.538. The van der Waals surface area contributed by atoms with Gasteiger partial charge in [-0.25, -0.2) is 0 Å². The van der Waals surface area contributed by atoms with Crippen LogP contribution in [-0.4, -0.2) is 29.2 Å². The van der Waals surface area contributed by atoms with E-state index in [9.17, 15) is 0 Å². The van der Waals surface area contributed by atoms with Crippen molar-refractivity contribution in [3.8, 4) is 5.75 Å². The molecule has 1 aromatic carbocycles. The second kappa shape index (κ2) is 9.31. The summed E-state index contributed by atoms with van der Waals surface area (Å²) in [6.45, 7) is 0. The molecule has 1 fully saturated rings. The number of benzene rings is 1. The molecule has 16 heavy (non-hydrogen) atoms. The van der Waals surface area contributed by atoms with Crippen molar-refractivity contribution in [1.29, 1.82) is 0 Å². The summed E-state index contributed by atoms with van der Waals surface area (Å²) in [7, 11) is 0. The molecule has 1 aliphatic carbocycles. The summed E-state index contributed by atoms with van der Waals surface area (Å²) in [5, 5.41) is 0. The van der Waals surface area contributed by atoms with Crippen LogP contribution in [-0.2, 0) is 0 Å². The molecule has 0 unspecified atom stereocenters. The Kier molecular flexibility index (Phi) is 9.47. The van der Waals surface area contributed by atoms with Gasteiger partial charge in [-0.2, -0.15) is 18.2 Å². The largest absolute Gasteiger partial charge is 2.00 e. The van der Waals surface area contributed by atoms with Crippen LogP contribution in [0.3, 0.4) is 0 Å². The molecule has 0 N–H and O–H groups in total. The third-order valence-electron chi connectivity index (χ3n) is 2.79. The number of rotatable bonds is 2. The summed E-state index contributed by atoms with van der Waals surface area (Å²) in [5.41, 5.74) is 0. The SMILES string of the molecule is [Br-].[Mg+2].[c-]1ccc(OC2CCCCCC2)cc1. The van der Waals surface area contributed by atoms with E-state index in [4.69, 9.17) is 4.74 Å². The third kappa shape index (κ3) is 5.55.